The van der Waals surface area contributed by atoms with Gasteiger partial charge in [0.1, 0.15) is 5.75 Å². The third-order valence-corrected chi connectivity index (χ3v) is 5.31. The van der Waals surface area contributed by atoms with E-state index < -0.39 is 0 Å². The van der Waals surface area contributed by atoms with Crippen LogP contribution in [0.5, 0.6) is 5.75 Å². The Morgan fingerprint density at radius 2 is 1.35 bits per heavy atom. The molecule has 0 radical (unpaired) electrons. The Hall–Kier alpha value is -4.38. The van der Waals surface area contributed by atoms with E-state index in [1.54, 1.807) is 42.5 Å². The van der Waals surface area contributed by atoms with Gasteiger partial charge in [-0.05, 0) is 41.5 Å². The molecular weight excluding hydrogens is 424 g/mol. The van der Waals surface area contributed by atoms with Gasteiger partial charge in [0.15, 0.2) is 0 Å². The highest BCUT2D eigenvalue weighted by Crippen LogP contribution is 2.19. The molecule has 0 saturated heterocycles. The van der Waals surface area contributed by atoms with Crippen LogP contribution in [-0.4, -0.2) is 18.4 Å². The van der Waals surface area contributed by atoms with E-state index >= 15 is 0 Å². The summed E-state index contributed by atoms with van der Waals surface area (Å²) >= 11 is 0. The van der Waals surface area contributed by atoms with Crippen molar-refractivity contribution >= 4 is 17.5 Å². The van der Waals surface area contributed by atoms with E-state index in [0.717, 1.165) is 12.0 Å². The summed E-state index contributed by atoms with van der Waals surface area (Å²) in [5, 5.41) is 5.76. The van der Waals surface area contributed by atoms with Gasteiger partial charge in [0, 0.05) is 18.5 Å². The van der Waals surface area contributed by atoms with Crippen LogP contribution in [0.25, 0.3) is 0 Å². The molecule has 34 heavy (non-hydrogen) atoms. The van der Waals surface area contributed by atoms with Gasteiger partial charge in [-0.15, -0.1) is 0 Å². The number of nitrogens with one attached hydrogen (secondary N) is 2. The van der Waals surface area contributed by atoms with Crippen LogP contribution < -0.4 is 15.4 Å². The smallest absolute Gasteiger partial charge is 0.255 e. The number of amides is 2. The largest absolute Gasteiger partial charge is 0.493 e. The lowest BCUT2D eigenvalue weighted by Gasteiger charge is -2.12. The Balaban J connectivity index is 1.38. The maximum atomic E-state index is 12.9. The maximum absolute atomic E-state index is 12.9. The molecule has 4 rings (SSSR count). The summed E-state index contributed by atoms with van der Waals surface area (Å²) in [5.74, 6) is 0.0621. The van der Waals surface area contributed by atoms with Crippen molar-refractivity contribution in [3.8, 4) is 5.75 Å². The van der Waals surface area contributed by atoms with Gasteiger partial charge >= 0.3 is 0 Å². The molecule has 170 valence electrons. The van der Waals surface area contributed by atoms with Gasteiger partial charge in [0.25, 0.3) is 11.8 Å². The molecule has 0 aliphatic carbocycles. The topological polar surface area (TPSA) is 67.4 Å². The van der Waals surface area contributed by atoms with Gasteiger partial charge in [0.2, 0.25) is 0 Å². The fourth-order valence-corrected chi connectivity index (χ4v) is 3.52. The average Bonchev–Trinajstić information content (AvgIpc) is 2.89. The molecule has 4 aromatic carbocycles. The fraction of sp³-hybridized carbons (Fsp3) is 0.103. The number of rotatable bonds is 9. The molecule has 0 heterocycles. The predicted molar refractivity (Wildman–Crippen MR) is 134 cm³/mol. The van der Waals surface area contributed by atoms with E-state index in [0.29, 0.717) is 35.7 Å². The van der Waals surface area contributed by atoms with Crippen LogP contribution in [0.4, 0.5) is 5.69 Å². The first kappa shape index (κ1) is 22.8. The van der Waals surface area contributed by atoms with Crippen molar-refractivity contribution < 1.29 is 14.3 Å². The first-order valence-electron chi connectivity index (χ1n) is 11.2. The van der Waals surface area contributed by atoms with Crippen LogP contribution in [0.2, 0.25) is 0 Å². The lowest BCUT2D eigenvalue weighted by molar-refractivity contribution is 0.0952. The monoisotopic (exact) mass is 450 g/mol. The Bertz CT molecular complexity index is 1240. The number of hydrogen-bond acceptors (Lipinski definition) is 3. The fourth-order valence-electron chi connectivity index (χ4n) is 3.52. The zero-order valence-corrected chi connectivity index (χ0v) is 18.7. The van der Waals surface area contributed by atoms with Gasteiger partial charge in [-0.1, -0.05) is 78.9 Å². The molecule has 0 bridgehead atoms. The molecule has 0 aliphatic heterocycles. The molecule has 0 fully saturated rings. The van der Waals surface area contributed by atoms with Gasteiger partial charge in [-0.25, -0.2) is 0 Å². The van der Waals surface area contributed by atoms with Crippen LogP contribution >= 0.6 is 0 Å². The second kappa shape index (κ2) is 11.5. The zero-order valence-electron chi connectivity index (χ0n) is 18.7. The van der Waals surface area contributed by atoms with Crippen LogP contribution in [0.15, 0.2) is 109 Å². The number of carbonyl (C=O) groups is 2. The summed E-state index contributed by atoms with van der Waals surface area (Å²) in [6, 6.07) is 33.8. The van der Waals surface area contributed by atoms with E-state index in [2.05, 4.69) is 22.8 Å². The van der Waals surface area contributed by atoms with Gasteiger partial charge < -0.3 is 15.4 Å². The average molecular weight is 451 g/mol. The molecular formula is C29H26N2O3. The Kier molecular flexibility index (Phi) is 7.70. The van der Waals surface area contributed by atoms with Crippen LogP contribution in [0.3, 0.4) is 0 Å². The van der Waals surface area contributed by atoms with Crippen molar-refractivity contribution in [3.05, 3.63) is 131 Å². The highest BCUT2D eigenvalue weighted by molar-refractivity contribution is 6.09. The Morgan fingerprint density at radius 3 is 2.12 bits per heavy atom. The van der Waals surface area contributed by atoms with Gasteiger partial charge in [-0.3, -0.25) is 9.59 Å². The van der Waals surface area contributed by atoms with Gasteiger partial charge in [0.05, 0.1) is 17.9 Å². The van der Waals surface area contributed by atoms with Crippen LogP contribution in [0.1, 0.15) is 31.8 Å². The lowest BCUT2D eigenvalue weighted by Crippen LogP contribution is -2.24. The molecule has 0 unspecified atom stereocenters. The molecule has 5 heteroatoms. The first-order valence-corrected chi connectivity index (χ1v) is 11.2. The number of carbonyl (C=O) groups excluding carboxylic acids is 2. The number of para-hydroxylation sites is 1. The predicted octanol–water partition coefficient (Wildman–Crippen LogP) is 5.49. The first-order chi connectivity index (χ1) is 16.7. The molecule has 2 amide bonds. The lowest BCUT2D eigenvalue weighted by atomic mass is 10.1. The van der Waals surface area contributed by atoms with E-state index in [-0.39, 0.29) is 11.8 Å². The summed E-state index contributed by atoms with van der Waals surface area (Å²) in [6.07, 6.45) is 0.780. The second-order valence-corrected chi connectivity index (χ2v) is 7.78. The van der Waals surface area contributed by atoms with Crippen LogP contribution in [-0.2, 0) is 13.0 Å². The van der Waals surface area contributed by atoms with Crippen molar-refractivity contribution in [3.63, 3.8) is 0 Å². The standard InChI is InChI=1S/C29H26N2O3/c32-28(24-14-9-15-25(20-24)34-19-18-22-10-3-1-4-11-22)31-27-17-8-7-16-26(27)29(33)30-21-23-12-5-2-6-13-23/h1-17,20H,18-19,21H2,(H,30,33)(H,31,32). The molecule has 2 N–H and O–H groups in total. The van der Waals surface area contributed by atoms with Crippen molar-refractivity contribution in [1.29, 1.82) is 0 Å². The van der Waals surface area contributed by atoms with E-state index in [9.17, 15) is 9.59 Å². The minimum atomic E-state index is -0.309. The molecule has 5 nitrogen and oxygen atoms in total. The molecule has 0 spiro atoms. The zero-order chi connectivity index (χ0) is 23.6. The second-order valence-electron chi connectivity index (χ2n) is 7.78. The number of benzene rings is 4. The van der Waals surface area contributed by atoms with Crippen LogP contribution in [0, 0.1) is 0 Å². The van der Waals surface area contributed by atoms with Crippen molar-refractivity contribution in [2.45, 2.75) is 13.0 Å². The third kappa shape index (κ3) is 6.33. The molecule has 0 saturated carbocycles. The highest BCUT2D eigenvalue weighted by atomic mass is 16.5. The molecule has 0 atom stereocenters. The van der Waals surface area contributed by atoms with Crippen molar-refractivity contribution in [2.75, 3.05) is 11.9 Å². The minimum Gasteiger partial charge on any atom is -0.493 e. The third-order valence-electron chi connectivity index (χ3n) is 5.31. The van der Waals surface area contributed by atoms with E-state index in [4.69, 9.17) is 4.74 Å². The molecule has 0 aromatic heterocycles. The quantitative estimate of drug-likeness (QED) is 0.354. The Labute approximate surface area is 199 Å². The van der Waals surface area contributed by atoms with E-state index in [1.165, 1.54) is 5.56 Å². The summed E-state index contributed by atoms with van der Waals surface area (Å²) < 4.78 is 5.84. The minimum absolute atomic E-state index is 0.252. The molecule has 0 aliphatic rings. The molecule has 4 aromatic rings. The SMILES string of the molecule is O=C(Nc1ccccc1C(=O)NCc1ccccc1)c1cccc(OCCc2ccccc2)c1. The summed E-state index contributed by atoms with van der Waals surface area (Å²) in [6.45, 7) is 0.920. The van der Waals surface area contributed by atoms with Crippen molar-refractivity contribution in [1.82, 2.24) is 5.32 Å². The maximum Gasteiger partial charge on any atom is 0.255 e. The summed E-state index contributed by atoms with van der Waals surface area (Å²) in [7, 11) is 0. The highest BCUT2D eigenvalue weighted by Gasteiger charge is 2.14. The summed E-state index contributed by atoms with van der Waals surface area (Å²) in [4.78, 5) is 25.7. The Morgan fingerprint density at radius 1 is 0.676 bits per heavy atom. The number of hydrogen-bond donors (Lipinski definition) is 2. The van der Waals surface area contributed by atoms with E-state index in [1.807, 2.05) is 54.6 Å². The summed E-state index contributed by atoms with van der Waals surface area (Å²) in [5.41, 5.74) is 3.51. The van der Waals surface area contributed by atoms with Crippen molar-refractivity contribution in [2.24, 2.45) is 0 Å². The van der Waals surface area contributed by atoms with Gasteiger partial charge in [-0.2, -0.15) is 0 Å². The number of ether oxygens (including phenoxy) is 1. The number of anilines is 1. The normalized spacial score (nSPS) is 10.4.